The van der Waals surface area contributed by atoms with Crippen molar-refractivity contribution < 1.29 is 0 Å². The second-order valence-electron chi connectivity index (χ2n) is 5.13. The van der Waals surface area contributed by atoms with Crippen LogP contribution in [0.15, 0.2) is 22.5 Å². The Morgan fingerprint density at radius 1 is 1.41 bits per heavy atom. The highest BCUT2D eigenvalue weighted by Crippen LogP contribution is 2.18. The maximum Gasteiger partial charge on any atom is 0.191 e. The van der Waals surface area contributed by atoms with Crippen molar-refractivity contribution in [2.45, 2.75) is 40.2 Å². The number of nitrogens with zero attached hydrogens (tertiary/aromatic N) is 2. The minimum atomic E-state index is 0.269. The Kier molecular flexibility index (Phi) is 6.39. The van der Waals surface area contributed by atoms with E-state index >= 15 is 0 Å². The summed E-state index contributed by atoms with van der Waals surface area (Å²) in [6.07, 6.45) is 0.946. The van der Waals surface area contributed by atoms with E-state index in [9.17, 15) is 0 Å². The van der Waals surface area contributed by atoms with Gasteiger partial charge in [-0.2, -0.15) is 0 Å². The van der Waals surface area contributed by atoms with Crippen LogP contribution in [0, 0.1) is 13.8 Å². The van der Waals surface area contributed by atoms with Crippen LogP contribution in [-0.2, 0) is 6.42 Å². The van der Waals surface area contributed by atoms with Crippen molar-refractivity contribution in [2.24, 2.45) is 4.99 Å². The average Bonchev–Trinajstić information content (AvgIpc) is 3.09. The van der Waals surface area contributed by atoms with Gasteiger partial charge >= 0.3 is 0 Å². The first-order chi connectivity index (χ1) is 10.6. The van der Waals surface area contributed by atoms with E-state index in [4.69, 9.17) is 0 Å². The minimum Gasteiger partial charge on any atom is -0.357 e. The standard InChI is InChI=1S/C16H24N4S2/c1-5-17-16(20-11(2)14-7-6-10-21-14)18-9-8-15-12(3)19-13(4)22-15/h6-7,10-11H,5,8-9H2,1-4H3,(H2,17,18,20). The third-order valence-electron chi connectivity index (χ3n) is 3.28. The van der Waals surface area contributed by atoms with Gasteiger partial charge in [0, 0.05) is 29.3 Å². The van der Waals surface area contributed by atoms with Crippen LogP contribution in [0.25, 0.3) is 0 Å². The van der Waals surface area contributed by atoms with Crippen LogP contribution in [-0.4, -0.2) is 24.0 Å². The van der Waals surface area contributed by atoms with Gasteiger partial charge in [0.1, 0.15) is 0 Å². The highest BCUT2D eigenvalue weighted by molar-refractivity contribution is 7.11. The molecule has 120 valence electrons. The average molecular weight is 337 g/mol. The third kappa shape index (κ3) is 4.81. The smallest absolute Gasteiger partial charge is 0.191 e. The van der Waals surface area contributed by atoms with Crippen molar-refractivity contribution in [3.63, 3.8) is 0 Å². The Morgan fingerprint density at radius 3 is 2.82 bits per heavy atom. The lowest BCUT2D eigenvalue weighted by atomic mass is 10.3. The van der Waals surface area contributed by atoms with Gasteiger partial charge in [-0.3, -0.25) is 4.99 Å². The van der Waals surface area contributed by atoms with Gasteiger partial charge < -0.3 is 10.6 Å². The van der Waals surface area contributed by atoms with Crippen LogP contribution in [0.5, 0.6) is 0 Å². The summed E-state index contributed by atoms with van der Waals surface area (Å²) in [5.41, 5.74) is 1.14. The molecular weight excluding hydrogens is 312 g/mol. The lowest BCUT2D eigenvalue weighted by Gasteiger charge is -2.16. The van der Waals surface area contributed by atoms with Crippen molar-refractivity contribution >= 4 is 28.6 Å². The van der Waals surface area contributed by atoms with Gasteiger partial charge in [0.05, 0.1) is 16.7 Å². The molecule has 0 spiro atoms. The molecule has 6 heteroatoms. The highest BCUT2D eigenvalue weighted by Gasteiger charge is 2.09. The van der Waals surface area contributed by atoms with Crippen LogP contribution in [0.3, 0.4) is 0 Å². The second kappa shape index (κ2) is 8.29. The van der Waals surface area contributed by atoms with E-state index in [2.05, 4.69) is 65.8 Å². The summed E-state index contributed by atoms with van der Waals surface area (Å²) in [5.74, 6) is 0.877. The van der Waals surface area contributed by atoms with Crippen LogP contribution >= 0.6 is 22.7 Å². The number of aromatic nitrogens is 1. The molecule has 1 atom stereocenters. The number of thiazole rings is 1. The molecule has 0 bridgehead atoms. The van der Waals surface area contributed by atoms with Crippen LogP contribution < -0.4 is 10.6 Å². The monoisotopic (exact) mass is 336 g/mol. The fourth-order valence-corrected chi connectivity index (χ4v) is 3.87. The zero-order chi connectivity index (χ0) is 15.9. The normalized spacial score (nSPS) is 13.2. The van der Waals surface area contributed by atoms with Gasteiger partial charge in [0.15, 0.2) is 5.96 Å². The summed E-state index contributed by atoms with van der Waals surface area (Å²) in [7, 11) is 0. The minimum absolute atomic E-state index is 0.269. The molecule has 0 saturated carbocycles. The second-order valence-corrected chi connectivity index (χ2v) is 7.40. The molecule has 2 aromatic heterocycles. The predicted molar refractivity (Wildman–Crippen MR) is 97.1 cm³/mol. The molecule has 0 amide bonds. The number of aliphatic imine (C=N–C) groups is 1. The molecular formula is C16H24N4S2. The van der Waals surface area contributed by atoms with Crippen molar-refractivity contribution in [2.75, 3.05) is 13.1 Å². The van der Waals surface area contributed by atoms with Gasteiger partial charge in [-0.05, 0) is 39.1 Å². The molecule has 2 heterocycles. The summed E-state index contributed by atoms with van der Waals surface area (Å²) < 4.78 is 0. The molecule has 2 rings (SSSR count). The summed E-state index contributed by atoms with van der Waals surface area (Å²) in [5, 5.41) is 10.0. The lowest BCUT2D eigenvalue weighted by molar-refractivity contribution is 0.697. The maximum absolute atomic E-state index is 4.69. The third-order valence-corrected chi connectivity index (χ3v) is 5.46. The van der Waals surface area contributed by atoms with Crippen molar-refractivity contribution in [1.29, 1.82) is 0 Å². The van der Waals surface area contributed by atoms with Gasteiger partial charge in [0.2, 0.25) is 0 Å². The van der Waals surface area contributed by atoms with Crippen molar-refractivity contribution in [3.8, 4) is 0 Å². The van der Waals surface area contributed by atoms with Gasteiger partial charge in [-0.15, -0.1) is 22.7 Å². The van der Waals surface area contributed by atoms with E-state index in [1.807, 2.05) is 0 Å². The summed E-state index contributed by atoms with van der Waals surface area (Å²) >= 11 is 3.54. The molecule has 0 aliphatic rings. The molecule has 0 saturated heterocycles. The Bertz CT molecular complexity index is 602. The van der Waals surface area contributed by atoms with E-state index in [1.165, 1.54) is 9.75 Å². The first-order valence-corrected chi connectivity index (χ1v) is 9.31. The van der Waals surface area contributed by atoms with Gasteiger partial charge in [-0.1, -0.05) is 6.07 Å². The van der Waals surface area contributed by atoms with Crippen LogP contribution in [0.2, 0.25) is 0 Å². The van der Waals surface area contributed by atoms with Crippen LogP contribution in [0.4, 0.5) is 0 Å². The Balaban J connectivity index is 1.93. The first kappa shape index (κ1) is 17.0. The molecule has 0 fully saturated rings. The van der Waals surface area contributed by atoms with Crippen molar-refractivity contribution in [3.05, 3.63) is 38.0 Å². The Hall–Kier alpha value is -1.40. The molecule has 2 N–H and O–H groups in total. The van der Waals surface area contributed by atoms with E-state index < -0.39 is 0 Å². The first-order valence-electron chi connectivity index (χ1n) is 7.61. The highest BCUT2D eigenvalue weighted by atomic mass is 32.1. The van der Waals surface area contributed by atoms with E-state index in [-0.39, 0.29) is 6.04 Å². The molecule has 22 heavy (non-hydrogen) atoms. The fraction of sp³-hybridized carbons (Fsp3) is 0.500. The zero-order valence-corrected chi connectivity index (χ0v) is 15.3. The van der Waals surface area contributed by atoms with Crippen molar-refractivity contribution in [1.82, 2.24) is 15.6 Å². The molecule has 0 aliphatic carbocycles. The number of rotatable bonds is 6. The number of aryl methyl sites for hydroxylation is 2. The molecule has 0 radical (unpaired) electrons. The van der Waals surface area contributed by atoms with Crippen LogP contribution in [0.1, 0.15) is 40.3 Å². The number of hydrogen-bond acceptors (Lipinski definition) is 4. The molecule has 4 nitrogen and oxygen atoms in total. The van der Waals surface area contributed by atoms with E-state index in [0.29, 0.717) is 0 Å². The molecule has 2 aromatic rings. The van der Waals surface area contributed by atoms with Gasteiger partial charge in [-0.25, -0.2) is 4.98 Å². The predicted octanol–water partition coefficient (Wildman–Crippen LogP) is 3.68. The summed E-state index contributed by atoms with van der Waals surface area (Å²) in [4.78, 5) is 11.8. The largest absolute Gasteiger partial charge is 0.357 e. The Morgan fingerprint density at radius 2 is 2.23 bits per heavy atom. The Labute approximate surface area is 140 Å². The summed E-state index contributed by atoms with van der Waals surface area (Å²) in [6, 6.07) is 4.50. The lowest BCUT2D eigenvalue weighted by Crippen LogP contribution is -2.38. The molecule has 0 aromatic carbocycles. The van der Waals surface area contributed by atoms with Gasteiger partial charge in [0.25, 0.3) is 0 Å². The number of guanidine groups is 1. The quantitative estimate of drug-likeness (QED) is 0.625. The number of nitrogens with one attached hydrogen (secondary N) is 2. The van der Waals surface area contributed by atoms with E-state index in [0.717, 1.165) is 36.2 Å². The zero-order valence-electron chi connectivity index (χ0n) is 13.6. The van der Waals surface area contributed by atoms with E-state index in [1.54, 1.807) is 22.7 Å². The summed E-state index contributed by atoms with van der Waals surface area (Å²) in [6.45, 7) is 10.0. The number of hydrogen-bond donors (Lipinski definition) is 2. The molecule has 0 aliphatic heterocycles. The topological polar surface area (TPSA) is 49.3 Å². The fourth-order valence-electron chi connectivity index (χ4n) is 2.21. The number of thiophene rings is 1. The SMILES string of the molecule is CCNC(=NCCc1sc(C)nc1C)NC(C)c1cccs1. The maximum atomic E-state index is 4.69. The molecule has 1 unspecified atom stereocenters.